The van der Waals surface area contributed by atoms with Gasteiger partial charge >= 0.3 is 12.1 Å². The summed E-state index contributed by atoms with van der Waals surface area (Å²) in [6.45, 7) is 6.83. The van der Waals surface area contributed by atoms with Crippen LogP contribution in [0.3, 0.4) is 0 Å². The fraction of sp³-hybridized carbons (Fsp3) is 0.875. The Morgan fingerprint density at radius 3 is 2.19 bits per heavy atom. The number of nitrogens with one attached hydrogen (secondary N) is 1. The first-order valence-electron chi connectivity index (χ1n) is 8.25. The smallest absolute Gasteiger partial charge is 0.407 e. The van der Waals surface area contributed by atoms with Gasteiger partial charge in [0.2, 0.25) is 0 Å². The lowest BCUT2D eigenvalue weighted by atomic mass is 10.1. The van der Waals surface area contributed by atoms with E-state index in [0.29, 0.717) is 19.6 Å². The number of esters is 1. The van der Waals surface area contributed by atoms with E-state index < -0.39 is 12.1 Å². The Bertz CT molecular complexity index is 281. The number of hydrogen-bond donors (Lipinski definition) is 1. The van der Waals surface area contributed by atoms with Crippen molar-refractivity contribution in [3.05, 3.63) is 0 Å². The standard InChI is InChI=1S/C16H31NO4/c1-4-7-8-9-10-13-20-15(18)14(11-5-2)17-16(19)21-12-6-3/h14H,4-13H2,1-3H3,(H,17,19). The van der Waals surface area contributed by atoms with Crippen LogP contribution in [0.2, 0.25) is 0 Å². The van der Waals surface area contributed by atoms with Crippen LogP contribution in [-0.2, 0) is 14.3 Å². The first kappa shape index (κ1) is 19.7. The van der Waals surface area contributed by atoms with E-state index in [4.69, 9.17) is 9.47 Å². The Hall–Kier alpha value is -1.26. The molecule has 0 aromatic heterocycles. The molecule has 0 aromatic rings. The molecular formula is C16H31NO4. The van der Waals surface area contributed by atoms with Crippen molar-refractivity contribution in [2.24, 2.45) is 0 Å². The fourth-order valence-electron chi connectivity index (χ4n) is 1.90. The van der Waals surface area contributed by atoms with Crippen LogP contribution >= 0.6 is 0 Å². The molecule has 0 aliphatic rings. The summed E-state index contributed by atoms with van der Waals surface area (Å²) in [5, 5.41) is 2.58. The zero-order valence-corrected chi connectivity index (χ0v) is 13.8. The van der Waals surface area contributed by atoms with E-state index in [1.807, 2.05) is 13.8 Å². The van der Waals surface area contributed by atoms with Crippen LogP contribution < -0.4 is 5.32 Å². The van der Waals surface area contributed by atoms with Crippen molar-refractivity contribution < 1.29 is 19.1 Å². The van der Waals surface area contributed by atoms with Gasteiger partial charge in [0.15, 0.2) is 0 Å². The van der Waals surface area contributed by atoms with Gasteiger partial charge in [0, 0.05) is 0 Å². The number of alkyl carbamates (subject to hydrolysis) is 1. The summed E-state index contributed by atoms with van der Waals surface area (Å²) in [7, 11) is 0. The maximum atomic E-state index is 11.9. The third-order valence-corrected chi connectivity index (χ3v) is 3.08. The van der Waals surface area contributed by atoms with Crippen LogP contribution in [-0.4, -0.2) is 31.3 Å². The van der Waals surface area contributed by atoms with Gasteiger partial charge in [-0.2, -0.15) is 0 Å². The highest BCUT2D eigenvalue weighted by Gasteiger charge is 2.21. The quantitative estimate of drug-likeness (QED) is 0.440. The summed E-state index contributed by atoms with van der Waals surface area (Å²) in [6, 6.07) is -0.602. The molecule has 0 spiro atoms. The monoisotopic (exact) mass is 301 g/mol. The van der Waals surface area contributed by atoms with Crippen LogP contribution in [0.25, 0.3) is 0 Å². The van der Waals surface area contributed by atoms with Crippen LogP contribution in [0.4, 0.5) is 4.79 Å². The Labute approximate surface area is 128 Å². The van der Waals surface area contributed by atoms with Crippen LogP contribution in [0.5, 0.6) is 0 Å². The molecule has 0 aromatic carbocycles. The third-order valence-electron chi connectivity index (χ3n) is 3.08. The molecule has 5 heteroatoms. The van der Waals surface area contributed by atoms with E-state index in [2.05, 4.69) is 12.2 Å². The molecule has 0 fully saturated rings. The highest BCUT2D eigenvalue weighted by Crippen LogP contribution is 2.05. The lowest BCUT2D eigenvalue weighted by Crippen LogP contribution is -2.42. The van der Waals surface area contributed by atoms with Gasteiger partial charge in [-0.15, -0.1) is 0 Å². The van der Waals surface area contributed by atoms with Crippen molar-refractivity contribution in [1.29, 1.82) is 0 Å². The SMILES string of the molecule is CCCCCCCOC(=O)C(CCC)NC(=O)OCCC. The third kappa shape index (κ3) is 11.1. The molecule has 1 unspecified atom stereocenters. The van der Waals surface area contributed by atoms with Crippen LogP contribution in [0, 0.1) is 0 Å². The Morgan fingerprint density at radius 2 is 1.57 bits per heavy atom. The second-order valence-corrected chi connectivity index (χ2v) is 5.20. The van der Waals surface area contributed by atoms with E-state index in [9.17, 15) is 9.59 Å². The molecular weight excluding hydrogens is 270 g/mol. The molecule has 5 nitrogen and oxygen atoms in total. The molecule has 0 rings (SSSR count). The second-order valence-electron chi connectivity index (χ2n) is 5.20. The van der Waals surface area contributed by atoms with Crippen molar-refractivity contribution in [1.82, 2.24) is 5.32 Å². The lowest BCUT2D eigenvalue weighted by Gasteiger charge is -2.16. The van der Waals surface area contributed by atoms with Crippen molar-refractivity contribution in [2.75, 3.05) is 13.2 Å². The number of unbranched alkanes of at least 4 members (excludes halogenated alkanes) is 4. The van der Waals surface area contributed by atoms with Crippen molar-refractivity contribution in [3.8, 4) is 0 Å². The summed E-state index contributed by atoms with van der Waals surface area (Å²) in [4.78, 5) is 23.4. The molecule has 0 radical (unpaired) electrons. The Balaban J connectivity index is 3.96. The molecule has 1 amide bonds. The highest BCUT2D eigenvalue weighted by atomic mass is 16.6. The molecule has 0 saturated carbocycles. The molecule has 0 heterocycles. The maximum Gasteiger partial charge on any atom is 0.407 e. The first-order valence-corrected chi connectivity index (χ1v) is 8.25. The molecule has 124 valence electrons. The summed E-state index contributed by atoms with van der Waals surface area (Å²) in [5.41, 5.74) is 0. The van der Waals surface area contributed by atoms with Crippen LogP contribution in [0.15, 0.2) is 0 Å². The summed E-state index contributed by atoms with van der Waals surface area (Å²) < 4.78 is 10.2. The molecule has 1 N–H and O–H groups in total. The summed E-state index contributed by atoms with van der Waals surface area (Å²) >= 11 is 0. The summed E-state index contributed by atoms with van der Waals surface area (Å²) in [5.74, 6) is -0.360. The van der Waals surface area contributed by atoms with E-state index in [0.717, 1.165) is 25.7 Å². The Morgan fingerprint density at radius 1 is 0.857 bits per heavy atom. The largest absolute Gasteiger partial charge is 0.464 e. The number of carbonyl (C=O) groups excluding carboxylic acids is 2. The van der Waals surface area contributed by atoms with E-state index in [-0.39, 0.29) is 5.97 Å². The average molecular weight is 301 g/mol. The molecule has 21 heavy (non-hydrogen) atoms. The second kappa shape index (κ2) is 13.7. The van der Waals surface area contributed by atoms with Gasteiger partial charge in [-0.25, -0.2) is 9.59 Å². The minimum Gasteiger partial charge on any atom is -0.464 e. The average Bonchev–Trinajstić information content (AvgIpc) is 2.48. The minimum absolute atomic E-state index is 0.358. The lowest BCUT2D eigenvalue weighted by molar-refractivity contribution is -0.146. The van der Waals surface area contributed by atoms with Gasteiger partial charge in [-0.05, 0) is 19.3 Å². The fourth-order valence-corrected chi connectivity index (χ4v) is 1.90. The van der Waals surface area contributed by atoms with E-state index in [1.165, 1.54) is 19.3 Å². The van der Waals surface area contributed by atoms with E-state index >= 15 is 0 Å². The van der Waals surface area contributed by atoms with Crippen molar-refractivity contribution in [2.45, 2.75) is 78.2 Å². The van der Waals surface area contributed by atoms with Gasteiger partial charge < -0.3 is 14.8 Å². The normalized spacial score (nSPS) is 11.8. The molecule has 0 saturated heterocycles. The first-order chi connectivity index (χ1) is 10.2. The van der Waals surface area contributed by atoms with Gasteiger partial charge in [-0.1, -0.05) is 52.9 Å². The van der Waals surface area contributed by atoms with E-state index in [1.54, 1.807) is 0 Å². The number of rotatable bonds is 12. The molecule has 0 bridgehead atoms. The Kier molecular flexibility index (Phi) is 12.9. The number of ether oxygens (including phenoxy) is 2. The number of hydrogen-bond acceptors (Lipinski definition) is 4. The van der Waals surface area contributed by atoms with Crippen molar-refractivity contribution in [3.63, 3.8) is 0 Å². The maximum absolute atomic E-state index is 11.9. The van der Waals surface area contributed by atoms with Crippen LogP contribution in [0.1, 0.15) is 72.1 Å². The number of carbonyl (C=O) groups is 2. The van der Waals surface area contributed by atoms with Gasteiger partial charge in [0.05, 0.1) is 13.2 Å². The topological polar surface area (TPSA) is 64.6 Å². The molecule has 1 atom stereocenters. The summed E-state index contributed by atoms with van der Waals surface area (Å²) in [6.07, 6.45) is 7.12. The predicted molar refractivity (Wildman–Crippen MR) is 83.2 cm³/mol. The van der Waals surface area contributed by atoms with Crippen molar-refractivity contribution >= 4 is 12.1 Å². The zero-order valence-electron chi connectivity index (χ0n) is 13.8. The predicted octanol–water partition coefficient (Wildman–Crippen LogP) is 3.80. The zero-order chi connectivity index (χ0) is 15.9. The molecule has 0 aliphatic heterocycles. The van der Waals surface area contributed by atoms with Gasteiger partial charge in [0.1, 0.15) is 6.04 Å². The van der Waals surface area contributed by atoms with Gasteiger partial charge in [-0.3, -0.25) is 0 Å². The van der Waals surface area contributed by atoms with Gasteiger partial charge in [0.25, 0.3) is 0 Å². The number of amides is 1. The molecule has 0 aliphatic carbocycles. The highest BCUT2D eigenvalue weighted by molar-refractivity contribution is 5.81. The minimum atomic E-state index is -0.602.